The number of amides is 3. The molecule has 0 aliphatic carbocycles. The van der Waals surface area contributed by atoms with E-state index in [2.05, 4.69) is 16.0 Å². The van der Waals surface area contributed by atoms with Gasteiger partial charge in [0.05, 0.1) is 10.7 Å². The van der Waals surface area contributed by atoms with E-state index in [1.807, 2.05) is 19.9 Å². The zero-order valence-electron chi connectivity index (χ0n) is 16.1. The lowest BCUT2D eigenvalue weighted by molar-refractivity contribution is -0.119. The van der Waals surface area contributed by atoms with E-state index >= 15 is 0 Å². The molecule has 28 heavy (non-hydrogen) atoms. The van der Waals surface area contributed by atoms with Gasteiger partial charge in [-0.1, -0.05) is 50.6 Å². The maximum atomic E-state index is 12.8. The van der Waals surface area contributed by atoms with E-state index in [1.54, 1.807) is 49.4 Å². The molecule has 0 heterocycles. The van der Waals surface area contributed by atoms with Crippen LogP contribution in [0, 0.1) is 5.92 Å². The summed E-state index contributed by atoms with van der Waals surface area (Å²) in [6.45, 7) is 5.43. The molecule has 0 aliphatic heterocycles. The Bertz CT molecular complexity index is 853. The number of anilines is 2. The first kappa shape index (κ1) is 21.4. The zero-order valence-corrected chi connectivity index (χ0v) is 16.8. The van der Waals surface area contributed by atoms with E-state index < -0.39 is 6.04 Å². The highest BCUT2D eigenvalue weighted by Gasteiger charge is 2.25. The van der Waals surface area contributed by atoms with Crippen LogP contribution in [0.2, 0.25) is 5.02 Å². The minimum atomic E-state index is -0.752. The third-order valence-electron chi connectivity index (χ3n) is 4.10. The first-order chi connectivity index (χ1) is 13.3. The minimum absolute atomic E-state index is 0.144. The van der Waals surface area contributed by atoms with Crippen LogP contribution in [0.25, 0.3) is 0 Å². The fourth-order valence-electron chi connectivity index (χ4n) is 2.51. The lowest BCUT2D eigenvalue weighted by Crippen LogP contribution is -2.47. The second kappa shape index (κ2) is 9.90. The lowest BCUT2D eigenvalue weighted by atomic mass is 10.0. The van der Waals surface area contributed by atoms with Crippen LogP contribution in [-0.2, 0) is 9.59 Å². The number of halogens is 1. The van der Waals surface area contributed by atoms with E-state index in [4.69, 9.17) is 11.6 Å². The molecular weight excluding hydrogens is 378 g/mol. The minimum Gasteiger partial charge on any atom is -0.340 e. The SMILES string of the molecule is CCC(=O)Nc1ccc(Cl)c(NC(=O)C(NC(=O)c2ccccc2)C(C)C)c1. The average Bonchev–Trinajstić information content (AvgIpc) is 2.68. The first-order valence-electron chi connectivity index (χ1n) is 9.08. The van der Waals surface area contributed by atoms with Crippen LogP contribution < -0.4 is 16.0 Å². The lowest BCUT2D eigenvalue weighted by Gasteiger charge is -2.22. The van der Waals surface area contributed by atoms with Crippen LogP contribution in [0.15, 0.2) is 48.5 Å². The maximum absolute atomic E-state index is 12.8. The van der Waals surface area contributed by atoms with Gasteiger partial charge >= 0.3 is 0 Å². The highest BCUT2D eigenvalue weighted by molar-refractivity contribution is 6.34. The predicted octanol–water partition coefficient (Wildman–Crippen LogP) is 4.08. The van der Waals surface area contributed by atoms with Crippen molar-refractivity contribution in [2.45, 2.75) is 33.2 Å². The molecule has 7 heteroatoms. The van der Waals surface area contributed by atoms with Crippen molar-refractivity contribution >= 4 is 40.7 Å². The molecule has 3 amide bonds. The molecule has 2 aromatic carbocycles. The molecule has 0 saturated carbocycles. The number of benzene rings is 2. The van der Waals surface area contributed by atoms with Gasteiger partial charge in [0.25, 0.3) is 5.91 Å². The molecule has 0 radical (unpaired) electrons. The van der Waals surface area contributed by atoms with Crippen LogP contribution >= 0.6 is 11.6 Å². The van der Waals surface area contributed by atoms with Crippen molar-refractivity contribution in [3.63, 3.8) is 0 Å². The van der Waals surface area contributed by atoms with Crippen LogP contribution in [0.3, 0.4) is 0 Å². The third kappa shape index (κ3) is 5.82. The van der Waals surface area contributed by atoms with Gasteiger partial charge in [0, 0.05) is 17.7 Å². The number of carbonyl (C=O) groups is 3. The molecule has 0 spiro atoms. The molecule has 2 aromatic rings. The van der Waals surface area contributed by atoms with Gasteiger partial charge in [-0.25, -0.2) is 0 Å². The van der Waals surface area contributed by atoms with Crippen molar-refractivity contribution in [2.24, 2.45) is 5.92 Å². The summed E-state index contributed by atoms with van der Waals surface area (Å²) in [4.78, 5) is 36.8. The Morgan fingerprint density at radius 1 is 1.00 bits per heavy atom. The van der Waals surface area contributed by atoms with Gasteiger partial charge in [-0.2, -0.15) is 0 Å². The Morgan fingerprint density at radius 3 is 2.29 bits per heavy atom. The molecular formula is C21H24ClN3O3. The molecule has 0 bridgehead atoms. The molecule has 6 nitrogen and oxygen atoms in total. The van der Waals surface area contributed by atoms with Crippen molar-refractivity contribution in [1.82, 2.24) is 5.32 Å². The largest absolute Gasteiger partial charge is 0.340 e. The van der Waals surface area contributed by atoms with Crippen molar-refractivity contribution in [2.75, 3.05) is 10.6 Å². The van der Waals surface area contributed by atoms with E-state index in [-0.39, 0.29) is 23.6 Å². The first-order valence-corrected chi connectivity index (χ1v) is 9.45. The zero-order chi connectivity index (χ0) is 20.7. The highest BCUT2D eigenvalue weighted by Crippen LogP contribution is 2.26. The van der Waals surface area contributed by atoms with E-state index in [0.717, 1.165) is 0 Å². The van der Waals surface area contributed by atoms with E-state index in [9.17, 15) is 14.4 Å². The average molecular weight is 402 g/mol. The molecule has 0 fully saturated rings. The molecule has 1 unspecified atom stereocenters. The number of hydrogen-bond acceptors (Lipinski definition) is 3. The summed E-state index contributed by atoms with van der Waals surface area (Å²) in [7, 11) is 0. The number of carbonyl (C=O) groups excluding carboxylic acids is 3. The molecule has 2 rings (SSSR count). The molecule has 0 aromatic heterocycles. The van der Waals surface area contributed by atoms with Gasteiger partial charge in [-0.15, -0.1) is 0 Å². The summed E-state index contributed by atoms with van der Waals surface area (Å²) in [5.74, 6) is -1.01. The Hall–Kier alpha value is -2.86. The van der Waals surface area contributed by atoms with Crippen molar-refractivity contribution in [3.05, 3.63) is 59.1 Å². The summed E-state index contributed by atoms with van der Waals surface area (Å²) >= 11 is 6.18. The van der Waals surface area contributed by atoms with Gasteiger partial charge < -0.3 is 16.0 Å². The standard InChI is InChI=1S/C21H24ClN3O3/c1-4-18(26)23-15-10-11-16(22)17(12-15)24-21(28)19(13(2)3)25-20(27)14-8-6-5-7-9-14/h5-13,19H,4H2,1-3H3,(H,23,26)(H,24,28)(H,25,27). The van der Waals surface area contributed by atoms with Crippen LogP contribution in [0.5, 0.6) is 0 Å². The monoisotopic (exact) mass is 401 g/mol. The maximum Gasteiger partial charge on any atom is 0.251 e. The molecule has 3 N–H and O–H groups in total. The fourth-order valence-corrected chi connectivity index (χ4v) is 2.67. The molecule has 0 aliphatic rings. The molecule has 0 saturated heterocycles. The van der Waals surface area contributed by atoms with Gasteiger partial charge in [-0.05, 0) is 36.2 Å². The summed E-state index contributed by atoms with van der Waals surface area (Å²) in [6, 6.07) is 12.8. The van der Waals surface area contributed by atoms with Gasteiger partial charge in [0.1, 0.15) is 6.04 Å². The summed E-state index contributed by atoms with van der Waals surface area (Å²) in [5.41, 5.74) is 1.37. The Labute approximate surface area is 169 Å². The van der Waals surface area contributed by atoms with Gasteiger partial charge in [0.15, 0.2) is 0 Å². The summed E-state index contributed by atoms with van der Waals surface area (Å²) < 4.78 is 0. The Morgan fingerprint density at radius 2 is 1.68 bits per heavy atom. The number of nitrogens with one attached hydrogen (secondary N) is 3. The van der Waals surface area contributed by atoms with Crippen LogP contribution in [0.4, 0.5) is 11.4 Å². The van der Waals surface area contributed by atoms with Crippen molar-refractivity contribution in [1.29, 1.82) is 0 Å². The quantitative estimate of drug-likeness (QED) is 0.653. The van der Waals surface area contributed by atoms with E-state index in [0.29, 0.717) is 28.4 Å². The summed E-state index contributed by atoms with van der Waals surface area (Å²) in [5, 5.41) is 8.56. The van der Waals surface area contributed by atoms with Crippen LogP contribution in [-0.4, -0.2) is 23.8 Å². The predicted molar refractivity (Wildman–Crippen MR) is 112 cm³/mol. The summed E-state index contributed by atoms with van der Waals surface area (Å²) in [6.07, 6.45) is 0.339. The van der Waals surface area contributed by atoms with E-state index in [1.165, 1.54) is 0 Å². The second-order valence-corrected chi connectivity index (χ2v) is 7.05. The Kier molecular flexibility index (Phi) is 7.58. The Balaban J connectivity index is 2.14. The number of hydrogen-bond donors (Lipinski definition) is 3. The smallest absolute Gasteiger partial charge is 0.251 e. The van der Waals surface area contributed by atoms with Crippen molar-refractivity contribution in [3.8, 4) is 0 Å². The molecule has 148 valence electrons. The highest BCUT2D eigenvalue weighted by atomic mass is 35.5. The van der Waals surface area contributed by atoms with Gasteiger partial charge in [0.2, 0.25) is 11.8 Å². The van der Waals surface area contributed by atoms with Crippen molar-refractivity contribution < 1.29 is 14.4 Å². The second-order valence-electron chi connectivity index (χ2n) is 6.65. The van der Waals surface area contributed by atoms with Crippen LogP contribution in [0.1, 0.15) is 37.6 Å². The third-order valence-corrected chi connectivity index (χ3v) is 4.43. The fraction of sp³-hybridized carbons (Fsp3) is 0.286. The van der Waals surface area contributed by atoms with Gasteiger partial charge in [-0.3, -0.25) is 14.4 Å². The topological polar surface area (TPSA) is 87.3 Å². The number of rotatable bonds is 7. The molecule has 1 atom stereocenters. The normalized spacial score (nSPS) is 11.6.